The van der Waals surface area contributed by atoms with Crippen molar-refractivity contribution in [1.82, 2.24) is 4.90 Å². The number of nitrogens with two attached hydrogens (primary N) is 1. The summed E-state index contributed by atoms with van der Waals surface area (Å²) in [6.07, 6.45) is 0.590. The lowest BCUT2D eigenvalue weighted by molar-refractivity contribution is -0.133. The van der Waals surface area contributed by atoms with Gasteiger partial charge in [0, 0.05) is 13.1 Å². The summed E-state index contributed by atoms with van der Waals surface area (Å²) in [5.41, 5.74) is 6.46. The van der Waals surface area contributed by atoms with Crippen LogP contribution in [0.3, 0.4) is 0 Å². The monoisotopic (exact) mass is 268 g/mol. The Labute approximate surface area is 113 Å². The van der Waals surface area contributed by atoms with Crippen molar-refractivity contribution in [3.63, 3.8) is 0 Å². The lowest BCUT2D eigenvalue weighted by Crippen LogP contribution is -2.42. The third kappa shape index (κ3) is 3.92. The highest BCUT2D eigenvalue weighted by atomic mass is 19.1. The molecule has 0 unspecified atom stereocenters. The van der Waals surface area contributed by atoms with E-state index in [0.717, 1.165) is 5.56 Å². The van der Waals surface area contributed by atoms with Gasteiger partial charge < -0.3 is 15.4 Å². The molecule has 5 heteroatoms. The number of carbonyl (C=O) groups excluding carboxylic acids is 1. The first-order valence-corrected chi connectivity index (χ1v) is 6.40. The molecular formula is C14H21FN2O2. The molecule has 0 aliphatic carbocycles. The van der Waals surface area contributed by atoms with E-state index in [1.807, 2.05) is 13.8 Å². The van der Waals surface area contributed by atoms with Gasteiger partial charge in [-0.3, -0.25) is 4.79 Å². The number of ether oxygens (including phenoxy) is 1. The molecule has 0 aliphatic heterocycles. The van der Waals surface area contributed by atoms with E-state index in [1.165, 1.54) is 13.2 Å². The first-order valence-electron chi connectivity index (χ1n) is 6.40. The highest BCUT2D eigenvalue weighted by molar-refractivity contribution is 5.81. The van der Waals surface area contributed by atoms with E-state index in [2.05, 4.69) is 0 Å². The average Bonchev–Trinajstić information content (AvgIpc) is 2.43. The van der Waals surface area contributed by atoms with Gasteiger partial charge in [-0.25, -0.2) is 4.39 Å². The Balaban J connectivity index is 2.81. The molecule has 0 bridgehead atoms. The summed E-state index contributed by atoms with van der Waals surface area (Å²) in [6.45, 7) is 4.63. The number of hydrogen-bond acceptors (Lipinski definition) is 3. The number of rotatable bonds is 6. The van der Waals surface area contributed by atoms with E-state index >= 15 is 0 Å². The highest BCUT2D eigenvalue weighted by Crippen LogP contribution is 2.18. The molecule has 0 saturated carbocycles. The first kappa shape index (κ1) is 15.4. The Morgan fingerprint density at radius 2 is 2.16 bits per heavy atom. The fourth-order valence-corrected chi connectivity index (χ4v) is 1.78. The number of benzene rings is 1. The first-order chi connectivity index (χ1) is 9.03. The third-order valence-corrected chi connectivity index (χ3v) is 3.04. The van der Waals surface area contributed by atoms with Crippen LogP contribution in [0.2, 0.25) is 0 Å². The molecule has 0 aromatic heterocycles. The molecule has 1 aromatic carbocycles. The van der Waals surface area contributed by atoms with Crippen molar-refractivity contribution in [3.05, 3.63) is 29.6 Å². The van der Waals surface area contributed by atoms with E-state index in [-0.39, 0.29) is 11.7 Å². The fourth-order valence-electron chi connectivity index (χ4n) is 1.78. The number of amides is 1. The van der Waals surface area contributed by atoms with E-state index in [1.54, 1.807) is 17.0 Å². The van der Waals surface area contributed by atoms with Crippen LogP contribution >= 0.6 is 0 Å². The summed E-state index contributed by atoms with van der Waals surface area (Å²) < 4.78 is 18.4. The zero-order valence-electron chi connectivity index (χ0n) is 11.6. The number of hydrogen-bond donors (Lipinski definition) is 1. The van der Waals surface area contributed by atoms with E-state index in [0.29, 0.717) is 19.5 Å². The molecule has 2 N–H and O–H groups in total. The molecular weight excluding hydrogens is 247 g/mol. The fraction of sp³-hybridized carbons (Fsp3) is 0.500. The van der Waals surface area contributed by atoms with Crippen LogP contribution in [0.5, 0.6) is 5.75 Å². The van der Waals surface area contributed by atoms with Gasteiger partial charge in [0.15, 0.2) is 11.6 Å². The van der Waals surface area contributed by atoms with Crippen LogP contribution in [-0.4, -0.2) is 30.5 Å². The van der Waals surface area contributed by atoms with Gasteiger partial charge in [-0.15, -0.1) is 0 Å². The molecule has 0 spiro atoms. The number of methoxy groups -OCH3 is 1. The topological polar surface area (TPSA) is 55.6 Å². The van der Waals surface area contributed by atoms with Crippen LogP contribution in [0, 0.1) is 5.82 Å². The Bertz CT molecular complexity index is 437. The molecule has 0 fully saturated rings. The minimum absolute atomic E-state index is 0.110. The van der Waals surface area contributed by atoms with E-state index < -0.39 is 11.9 Å². The Morgan fingerprint density at radius 1 is 1.47 bits per heavy atom. The van der Waals surface area contributed by atoms with Crippen LogP contribution in [-0.2, 0) is 11.3 Å². The lowest BCUT2D eigenvalue weighted by Gasteiger charge is -2.24. The number of nitrogens with zero attached hydrogens (tertiary/aromatic N) is 1. The smallest absolute Gasteiger partial charge is 0.239 e. The summed E-state index contributed by atoms with van der Waals surface area (Å²) in [5, 5.41) is 0. The molecule has 1 amide bonds. The van der Waals surface area contributed by atoms with Gasteiger partial charge in [-0.1, -0.05) is 13.0 Å². The summed E-state index contributed by atoms with van der Waals surface area (Å²) in [7, 11) is 1.42. The average molecular weight is 268 g/mol. The van der Waals surface area contributed by atoms with Gasteiger partial charge in [-0.05, 0) is 31.0 Å². The standard InChI is InChI=1S/C14H21FN2O2/c1-4-12(16)14(18)17(5-2)9-10-6-7-13(19-3)11(15)8-10/h6-8,12H,4-5,9,16H2,1-3H3/t12-/m1/s1. The summed E-state index contributed by atoms with van der Waals surface area (Å²) >= 11 is 0. The van der Waals surface area contributed by atoms with Crippen molar-refractivity contribution in [3.8, 4) is 5.75 Å². The second-order valence-corrected chi connectivity index (χ2v) is 4.34. The molecule has 1 aromatic rings. The molecule has 1 rings (SSSR count). The number of halogens is 1. The Kier molecular flexibility index (Phi) is 5.76. The molecule has 0 saturated heterocycles. The van der Waals surface area contributed by atoms with Crippen LogP contribution in [0.1, 0.15) is 25.8 Å². The van der Waals surface area contributed by atoms with Gasteiger partial charge >= 0.3 is 0 Å². The molecule has 19 heavy (non-hydrogen) atoms. The SMILES string of the molecule is CC[C@@H](N)C(=O)N(CC)Cc1ccc(OC)c(F)c1. The number of carbonyl (C=O) groups is 1. The summed E-state index contributed by atoms with van der Waals surface area (Å²) in [4.78, 5) is 13.6. The van der Waals surface area contributed by atoms with Crippen molar-refractivity contribution in [2.24, 2.45) is 5.73 Å². The minimum atomic E-state index is -0.497. The molecule has 4 nitrogen and oxygen atoms in total. The maximum atomic E-state index is 13.6. The number of likely N-dealkylation sites (N-methyl/N-ethyl adjacent to an activating group) is 1. The largest absolute Gasteiger partial charge is 0.494 e. The maximum absolute atomic E-state index is 13.6. The second kappa shape index (κ2) is 7.09. The molecule has 0 aliphatic rings. The van der Waals surface area contributed by atoms with Gasteiger partial charge in [-0.2, -0.15) is 0 Å². The van der Waals surface area contributed by atoms with Gasteiger partial charge in [0.05, 0.1) is 13.2 Å². The highest BCUT2D eigenvalue weighted by Gasteiger charge is 2.18. The van der Waals surface area contributed by atoms with Gasteiger partial charge in [0.1, 0.15) is 0 Å². The molecule has 1 atom stereocenters. The van der Waals surface area contributed by atoms with Gasteiger partial charge in [0.2, 0.25) is 5.91 Å². The quantitative estimate of drug-likeness (QED) is 0.857. The lowest BCUT2D eigenvalue weighted by atomic mass is 10.1. The zero-order chi connectivity index (χ0) is 14.4. The maximum Gasteiger partial charge on any atom is 0.239 e. The predicted molar refractivity (Wildman–Crippen MR) is 72.3 cm³/mol. The Hall–Kier alpha value is -1.62. The van der Waals surface area contributed by atoms with Crippen molar-refractivity contribution in [1.29, 1.82) is 0 Å². The molecule has 0 heterocycles. The second-order valence-electron chi connectivity index (χ2n) is 4.34. The molecule has 0 radical (unpaired) electrons. The van der Waals surface area contributed by atoms with Crippen molar-refractivity contribution < 1.29 is 13.9 Å². The van der Waals surface area contributed by atoms with E-state index in [9.17, 15) is 9.18 Å². The normalized spacial score (nSPS) is 12.1. The van der Waals surface area contributed by atoms with Crippen molar-refractivity contribution in [2.45, 2.75) is 32.9 Å². The summed E-state index contributed by atoms with van der Waals surface area (Å²) in [5.74, 6) is -0.340. The van der Waals surface area contributed by atoms with Crippen LogP contribution < -0.4 is 10.5 Å². The molecule has 106 valence electrons. The van der Waals surface area contributed by atoms with Crippen molar-refractivity contribution in [2.75, 3.05) is 13.7 Å². The van der Waals surface area contributed by atoms with Crippen LogP contribution in [0.15, 0.2) is 18.2 Å². The Morgan fingerprint density at radius 3 is 2.63 bits per heavy atom. The minimum Gasteiger partial charge on any atom is -0.494 e. The van der Waals surface area contributed by atoms with E-state index in [4.69, 9.17) is 10.5 Å². The predicted octanol–water partition coefficient (Wildman–Crippen LogP) is 1.92. The third-order valence-electron chi connectivity index (χ3n) is 3.04. The van der Waals surface area contributed by atoms with Crippen LogP contribution in [0.25, 0.3) is 0 Å². The zero-order valence-corrected chi connectivity index (χ0v) is 11.6. The van der Waals surface area contributed by atoms with Crippen molar-refractivity contribution >= 4 is 5.91 Å². The summed E-state index contributed by atoms with van der Waals surface area (Å²) in [6, 6.07) is 4.19. The van der Waals surface area contributed by atoms with Crippen LogP contribution in [0.4, 0.5) is 4.39 Å². The van der Waals surface area contributed by atoms with Gasteiger partial charge in [0.25, 0.3) is 0 Å².